The molecule has 0 fully saturated rings. The molecule has 0 amide bonds. The van der Waals surface area contributed by atoms with Crippen molar-refractivity contribution < 1.29 is 4.39 Å². The zero-order chi connectivity index (χ0) is 14.4. The molecule has 0 saturated heterocycles. The van der Waals surface area contributed by atoms with Crippen LogP contribution in [0.1, 0.15) is 16.7 Å². The summed E-state index contributed by atoms with van der Waals surface area (Å²) in [7, 11) is 1.95. The van der Waals surface area contributed by atoms with Gasteiger partial charge in [0, 0.05) is 0 Å². The van der Waals surface area contributed by atoms with Crippen LogP contribution in [-0.2, 0) is 12.8 Å². The number of benzene rings is 2. The predicted octanol–water partition coefficient (Wildman–Crippen LogP) is 3.75. The van der Waals surface area contributed by atoms with Crippen molar-refractivity contribution in [1.29, 1.82) is 0 Å². The van der Waals surface area contributed by atoms with Crippen molar-refractivity contribution >= 4 is 0 Å². The van der Waals surface area contributed by atoms with Gasteiger partial charge < -0.3 is 5.32 Å². The summed E-state index contributed by atoms with van der Waals surface area (Å²) in [5.41, 5.74) is 3.40. The van der Waals surface area contributed by atoms with Gasteiger partial charge in [-0.3, -0.25) is 0 Å². The Hall–Kier alpha value is -1.67. The van der Waals surface area contributed by atoms with Crippen molar-refractivity contribution in [2.75, 3.05) is 13.6 Å². The van der Waals surface area contributed by atoms with E-state index in [2.05, 4.69) is 36.5 Å². The molecule has 2 rings (SSSR count). The van der Waals surface area contributed by atoms with E-state index in [1.807, 2.05) is 19.2 Å². The summed E-state index contributed by atoms with van der Waals surface area (Å²) in [4.78, 5) is 0. The summed E-state index contributed by atoms with van der Waals surface area (Å²) in [5, 5.41) is 3.22. The Morgan fingerprint density at radius 3 is 2.55 bits per heavy atom. The quantitative estimate of drug-likeness (QED) is 0.843. The molecule has 1 N–H and O–H groups in total. The number of hydrogen-bond acceptors (Lipinski definition) is 1. The van der Waals surface area contributed by atoms with Crippen LogP contribution < -0.4 is 5.32 Å². The van der Waals surface area contributed by atoms with Crippen LogP contribution in [0.25, 0.3) is 0 Å². The highest BCUT2D eigenvalue weighted by atomic mass is 19.1. The lowest BCUT2D eigenvalue weighted by Gasteiger charge is -2.17. The van der Waals surface area contributed by atoms with Crippen molar-refractivity contribution in [1.82, 2.24) is 5.32 Å². The maximum atomic E-state index is 13.8. The molecule has 1 atom stereocenters. The van der Waals surface area contributed by atoms with Crippen molar-refractivity contribution in [3.8, 4) is 0 Å². The average molecular weight is 271 g/mol. The van der Waals surface area contributed by atoms with Gasteiger partial charge in [0.15, 0.2) is 0 Å². The third-order valence-corrected chi connectivity index (χ3v) is 3.57. The van der Waals surface area contributed by atoms with Gasteiger partial charge in [-0.15, -0.1) is 0 Å². The van der Waals surface area contributed by atoms with Crippen LogP contribution >= 0.6 is 0 Å². The summed E-state index contributed by atoms with van der Waals surface area (Å²) in [6, 6.07) is 15.6. The van der Waals surface area contributed by atoms with Crippen molar-refractivity contribution in [3.05, 3.63) is 71.0 Å². The van der Waals surface area contributed by atoms with Crippen molar-refractivity contribution in [3.63, 3.8) is 0 Å². The van der Waals surface area contributed by atoms with Crippen molar-refractivity contribution in [2.45, 2.75) is 19.8 Å². The summed E-state index contributed by atoms with van der Waals surface area (Å²) in [6.07, 6.45) is 1.73. The number of rotatable bonds is 6. The molecule has 1 unspecified atom stereocenters. The lowest BCUT2D eigenvalue weighted by molar-refractivity contribution is 0.480. The molecule has 0 heterocycles. The fraction of sp³-hybridized carbons (Fsp3) is 0.333. The summed E-state index contributed by atoms with van der Waals surface area (Å²) < 4.78 is 13.8. The normalized spacial score (nSPS) is 12.3. The molecule has 2 aromatic rings. The highest BCUT2D eigenvalue weighted by molar-refractivity contribution is 5.24. The van der Waals surface area contributed by atoms with E-state index >= 15 is 0 Å². The fourth-order valence-electron chi connectivity index (χ4n) is 2.65. The minimum absolute atomic E-state index is 0.0992. The van der Waals surface area contributed by atoms with Crippen LogP contribution in [0.3, 0.4) is 0 Å². The highest BCUT2D eigenvalue weighted by Crippen LogP contribution is 2.17. The van der Waals surface area contributed by atoms with Gasteiger partial charge in [-0.25, -0.2) is 4.39 Å². The number of nitrogens with one attached hydrogen (secondary N) is 1. The number of hydrogen-bond donors (Lipinski definition) is 1. The second kappa shape index (κ2) is 7.20. The molecule has 0 aromatic heterocycles. The average Bonchev–Trinajstić information content (AvgIpc) is 2.42. The van der Waals surface area contributed by atoms with Crippen LogP contribution in [-0.4, -0.2) is 13.6 Å². The third kappa shape index (κ3) is 4.17. The Balaban J connectivity index is 2.09. The fourth-order valence-corrected chi connectivity index (χ4v) is 2.65. The van der Waals surface area contributed by atoms with Crippen LogP contribution in [0.5, 0.6) is 0 Å². The van der Waals surface area contributed by atoms with Gasteiger partial charge in [-0.1, -0.05) is 48.0 Å². The number of halogens is 1. The minimum atomic E-state index is -0.0992. The smallest absolute Gasteiger partial charge is 0.126 e. The first-order chi connectivity index (χ1) is 9.69. The Morgan fingerprint density at radius 1 is 1.05 bits per heavy atom. The maximum absolute atomic E-state index is 13.8. The van der Waals surface area contributed by atoms with Crippen LogP contribution in [0.4, 0.5) is 4.39 Å². The third-order valence-electron chi connectivity index (χ3n) is 3.57. The molecule has 0 saturated carbocycles. The lowest BCUT2D eigenvalue weighted by Crippen LogP contribution is -2.23. The molecule has 20 heavy (non-hydrogen) atoms. The van der Waals surface area contributed by atoms with Crippen LogP contribution in [0.2, 0.25) is 0 Å². The van der Waals surface area contributed by atoms with E-state index in [4.69, 9.17) is 0 Å². The number of aryl methyl sites for hydroxylation is 1. The summed E-state index contributed by atoms with van der Waals surface area (Å²) >= 11 is 0. The molecule has 0 spiro atoms. The second-order valence-electron chi connectivity index (χ2n) is 5.41. The van der Waals surface area contributed by atoms with E-state index in [0.717, 1.165) is 24.9 Å². The summed E-state index contributed by atoms with van der Waals surface area (Å²) in [6.45, 7) is 3.00. The standard InChI is InChI=1S/C18H22FN/c1-14-6-5-7-15(10-14)11-16(13-20-2)12-17-8-3-4-9-18(17)19/h3-10,16,20H,11-13H2,1-2H3. The molecule has 0 radical (unpaired) electrons. The van der Waals surface area contributed by atoms with E-state index < -0.39 is 0 Å². The first-order valence-corrected chi connectivity index (χ1v) is 7.12. The molecular weight excluding hydrogens is 249 g/mol. The maximum Gasteiger partial charge on any atom is 0.126 e. The zero-order valence-corrected chi connectivity index (χ0v) is 12.2. The molecule has 1 nitrogen and oxygen atoms in total. The molecule has 2 heteroatoms. The minimum Gasteiger partial charge on any atom is -0.319 e. The van der Waals surface area contributed by atoms with Gasteiger partial charge in [0.2, 0.25) is 0 Å². The molecule has 106 valence electrons. The Labute approximate surface area is 120 Å². The summed E-state index contributed by atoms with van der Waals surface area (Å²) in [5.74, 6) is 0.302. The first kappa shape index (κ1) is 14.7. The molecule has 2 aromatic carbocycles. The zero-order valence-electron chi connectivity index (χ0n) is 12.2. The Morgan fingerprint density at radius 2 is 1.85 bits per heavy atom. The van der Waals surface area contributed by atoms with Crippen molar-refractivity contribution in [2.24, 2.45) is 5.92 Å². The lowest BCUT2D eigenvalue weighted by atomic mass is 9.92. The van der Waals surface area contributed by atoms with Gasteiger partial charge >= 0.3 is 0 Å². The van der Waals surface area contributed by atoms with E-state index in [1.165, 1.54) is 11.1 Å². The Kier molecular flexibility index (Phi) is 5.31. The SMILES string of the molecule is CNCC(Cc1cccc(C)c1)Cc1ccccc1F. The largest absolute Gasteiger partial charge is 0.319 e. The molecular formula is C18H22FN. The van der Waals surface area contributed by atoms with Gasteiger partial charge in [0.25, 0.3) is 0 Å². The van der Waals surface area contributed by atoms with E-state index in [-0.39, 0.29) is 5.82 Å². The van der Waals surface area contributed by atoms with Crippen LogP contribution in [0.15, 0.2) is 48.5 Å². The second-order valence-corrected chi connectivity index (χ2v) is 5.41. The topological polar surface area (TPSA) is 12.0 Å². The van der Waals surface area contributed by atoms with Gasteiger partial charge in [0.05, 0.1) is 0 Å². The molecule has 0 bridgehead atoms. The van der Waals surface area contributed by atoms with E-state index in [0.29, 0.717) is 5.92 Å². The van der Waals surface area contributed by atoms with E-state index in [9.17, 15) is 4.39 Å². The Bertz CT molecular complexity index is 551. The van der Waals surface area contributed by atoms with E-state index in [1.54, 1.807) is 12.1 Å². The van der Waals surface area contributed by atoms with Gasteiger partial charge in [-0.05, 0) is 56.5 Å². The first-order valence-electron chi connectivity index (χ1n) is 7.12. The predicted molar refractivity (Wildman–Crippen MR) is 82.4 cm³/mol. The molecule has 0 aliphatic carbocycles. The molecule has 0 aliphatic heterocycles. The highest BCUT2D eigenvalue weighted by Gasteiger charge is 2.12. The molecule has 0 aliphatic rings. The van der Waals surface area contributed by atoms with Crippen LogP contribution in [0, 0.1) is 18.7 Å². The van der Waals surface area contributed by atoms with Gasteiger partial charge in [0.1, 0.15) is 5.82 Å². The monoisotopic (exact) mass is 271 g/mol. The van der Waals surface area contributed by atoms with Gasteiger partial charge in [-0.2, -0.15) is 0 Å².